The van der Waals surface area contributed by atoms with Crippen molar-refractivity contribution in [1.29, 1.82) is 0 Å². The van der Waals surface area contributed by atoms with Crippen molar-refractivity contribution in [3.05, 3.63) is 46.4 Å². The molecule has 130 valence electrons. The van der Waals surface area contributed by atoms with Gasteiger partial charge in [0, 0.05) is 9.79 Å². The molecular weight excluding hydrogens is 423 g/mol. The second-order valence-electron chi connectivity index (χ2n) is 4.40. The summed E-state index contributed by atoms with van der Waals surface area (Å²) in [7, 11) is -11.3. The predicted octanol–water partition coefficient (Wildman–Crippen LogP) is 2.65. The zero-order chi connectivity index (χ0) is 18.3. The average Bonchev–Trinajstić information content (AvgIpc) is 2.45. The lowest BCUT2D eigenvalue weighted by Gasteiger charge is -2.08. The summed E-state index contributed by atoms with van der Waals surface area (Å²) < 4.78 is 75.6. The molecule has 0 spiro atoms. The maximum absolute atomic E-state index is 12.5. The number of rotatable bonds is 4. The molecule has 0 saturated heterocycles. The van der Waals surface area contributed by atoms with E-state index in [-0.39, 0.29) is 19.8 Å². The zero-order valence-corrected chi connectivity index (χ0v) is 15.3. The van der Waals surface area contributed by atoms with E-state index in [2.05, 4.69) is 0 Å². The topological polar surface area (TPSA) is 126 Å². The Balaban J connectivity index is 2.59. The minimum Gasteiger partial charge on any atom is -0.282 e. The number of hydrogen-bond donors (Lipinski definition) is 2. The number of halogens is 2. The quantitative estimate of drug-likeness (QED) is 0.713. The summed E-state index contributed by atoms with van der Waals surface area (Å²) in [4.78, 5) is -1.40. The lowest BCUT2D eigenvalue weighted by atomic mass is 10.3. The Morgan fingerprint density at radius 1 is 0.750 bits per heavy atom. The molecule has 0 radical (unpaired) electrons. The van der Waals surface area contributed by atoms with E-state index in [4.69, 9.17) is 32.3 Å². The van der Waals surface area contributed by atoms with Crippen molar-refractivity contribution in [1.82, 2.24) is 0 Å². The fourth-order valence-electron chi connectivity index (χ4n) is 1.73. The fourth-order valence-corrected chi connectivity index (χ4v) is 4.98. The van der Waals surface area contributed by atoms with Gasteiger partial charge in [0.15, 0.2) is 0 Å². The molecule has 0 unspecified atom stereocenters. The van der Waals surface area contributed by atoms with Crippen molar-refractivity contribution >= 4 is 54.2 Å². The van der Waals surface area contributed by atoms with E-state index >= 15 is 0 Å². The van der Waals surface area contributed by atoms with Crippen LogP contribution in [0.3, 0.4) is 0 Å². The van der Waals surface area contributed by atoms with Gasteiger partial charge >= 0.3 is 0 Å². The van der Waals surface area contributed by atoms with Gasteiger partial charge in [-0.15, -0.1) is 0 Å². The Labute approximate surface area is 150 Å². The highest BCUT2D eigenvalue weighted by atomic mass is 35.5. The molecule has 0 aliphatic heterocycles. The first-order valence-electron chi connectivity index (χ1n) is 5.87. The molecule has 0 aliphatic carbocycles. The molecule has 2 rings (SSSR count). The van der Waals surface area contributed by atoms with Crippen LogP contribution in [0.5, 0.6) is 0 Å². The highest BCUT2D eigenvalue weighted by Gasteiger charge is 2.20. The molecule has 0 aliphatic rings. The number of hydrogen-bond acceptors (Lipinski definition) is 5. The van der Waals surface area contributed by atoms with Crippen LogP contribution in [0.25, 0.3) is 0 Å². The predicted molar refractivity (Wildman–Crippen MR) is 87.2 cm³/mol. The van der Waals surface area contributed by atoms with Crippen molar-refractivity contribution in [2.45, 2.75) is 19.6 Å². The monoisotopic (exact) mass is 430 g/mol. The van der Waals surface area contributed by atoms with Gasteiger partial charge in [0.2, 0.25) is 0 Å². The summed E-state index contributed by atoms with van der Waals surface area (Å²) in [6, 6.07) is 6.53. The Kier molecular flexibility index (Phi) is 5.40. The Morgan fingerprint density at radius 2 is 1.08 bits per heavy atom. The molecule has 7 nitrogen and oxygen atoms in total. The van der Waals surface area contributed by atoms with Gasteiger partial charge in [-0.1, -0.05) is 23.2 Å². The van der Waals surface area contributed by atoms with Crippen LogP contribution < -0.4 is 0 Å². The third-order valence-corrected chi connectivity index (χ3v) is 6.82. The Bertz CT molecular complexity index is 963. The number of benzene rings is 2. The smallest absolute Gasteiger partial charge is 0.282 e. The van der Waals surface area contributed by atoms with E-state index < -0.39 is 40.8 Å². The molecule has 2 aromatic rings. The van der Waals surface area contributed by atoms with Crippen LogP contribution in [-0.2, 0) is 31.0 Å². The second-order valence-corrected chi connectivity index (χ2v) is 9.48. The van der Waals surface area contributed by atoms with Crippen molar-refractivity contribution in [3.8, 4) is 0 Å². The first kappa shape index (κ1) is 19.3. The third kappa shape index (κ3) is 4.14. The summed E-state index contributed by atoms with van der Waals surface area (Å²) in [5.74, 6) is 0. The first-order valence-corrected chi connectivity index (χ1v) is 10.7. The average molecular weight is 431 g/mol. The summed E-state index contributed by atoms with van der Waals surface area (Å²) in [6.45, 7) is 0. The minimum absolute atomic E-state index is 0.0596. The molecule has 2 N–H and O–H groups in total. The summed E-state index contributed by atoms with van der Waals surface area (Å²) in [5, 5.41) is -0.541. The van der Waals surface area contributed by atoms with Crippen LogP contribution in [0.15, 0.2) is 56.0 Å². The summed E-state index contributed by atoms with van der Waals surface area (Å²) in [5.41, 5.74) is 0. The third-order valence-electron chi connectivity index (χ3n) is 2.79. The van der Waals surface area contributed by atoms with E-state index in [9.17, 15) is 21.0 Å². The maximum atomic E-state index is 12.5. The van der Waals surface area contributed by atoms with Crippen LogP contribution >= 0.6 is 23.2 Å². The Hall–Kier alpha value is -1.01. The molecule has 0 saturated carbocycles. The van der Waals surface area contributed by atoms with Gasteiger partial charge < -0.3 is 0 Å². The highest BCUT2D eigenvalue weighted by molar-refractivity contribution is 7.87. The normalized spacial score (nSPS) is 12.5. The second kappa shape index (κ2) is 6.71. The van der Waals surface area contributed by atoms with Gasteiger partial charge in [0.1, 0.15) is 9.79 Å². The molecule has 24 heavy (non-hydrogen) atoms. The molecule has 0 aromatic heterocycles. The van der Waals surface area contributed by atoms with Gasteiger partial charge in [-0.2, -0.15) is 16.8 Å². The van der Waals surface area contributed by atoms with Crippen LogP contribution in [0.1, 0.15) is 0 Å². The maximum Gasteiger partial charge on any atom is 0.296 e. The van der Waals surface area contributed by atoms with Crippen molar-refractivity contribution < 1.29 is 30.1 Å². The van der Waals surface area contributed by atoms with E-state index in [1.807, 2.05) is 0 Å². The first-order chi connectivity index (χ1) is 10.9. The van der Waals surface area contributed by atoms with Crippen molar-refractivity contribution in [3.63, 3.8) is 0 Å². The Morgan fingerprint density at radius 3 is 1.38 bits per heavy atom. The highest BCUT2D eigenvalue weighted by Crippen LogP contribution is 2.29. The van der Waals surface area contributed by atoms with Crippen molar-refractivity contribution in [2.24, 2.45) is 0 Å². The van der Waals surface area contributed by atoms with E-state index in [1.165, 1.54) is 12.1 Å². The lowest BCUT2D eigenvalue weighted by molar-refractivity contribution is 0.481. The largest absolute Gasteiger partial charge is 0.296 e. The molecule has 0 atom stereocenters. The van der Waals surface area contributed by atoms with Crippen LogP contribution in [0, 0.1) is 0 Å². The van der Waals surface area contributed by atoms with Gasteiger partial charge in [-0.25, -0.2) is 4.21 Å². The molecule has 0 amide bonds. The standard InChI is InChI=1S/C12H8Cl2O7S3/c13-9-3-1-7(5-11(9)23(16,17)18)22(15)8-2-4-10(14)12(6-8)24(19,20)21/h1-6H,(H,16,17,18)(H,19,20,21). The molecule has 2 aromatic carbocycles. The molecule has 0 bridgehead atoms. The van der Waals surface area contributed by atoms with Crippen LogP contribution in [0.2, 0.25) is 10.0 Å². The van der Waals surface area contributed by atoms with Gasteiger partial charge in [-0.05, 0) is 36.4 Å². The molecule has 12 heteroatoms. The molecule has 0 fully saturated rings. The van der Waals surface area contributed by atoms with E-state index in [0.717, 1.165) is 24.3 Å². The van der Waals surface area contributed by atoms with Crippen molar-refractivity contribution in [2.75, 3.05) is 0 Å². The minimum atomic E-state index is -4.63. The van der Waals surface area contributed by atoms with Gasteiger partial charge in [0.25, 0.3) is 20.2 Å². The van der Waals surface area contributed by atoms with Gasteiger partial charge in [-0.3, -0.25) is 9.11 Å². The SMILES string of the molecule is O=S(c1ccc(Cl)c(S(=O)(=O)O)c1)c1ccc(Cl)c(S(=O)(=O)O)c1. The molecule has 0 heterocycles. The van der Waals surface area contributed by atoms with Crippen LogP contribution in [0.4, 0.5) is 0 Å². The summed E-state index contributed by atoms with van der Waals surface area (Å²) >= 11 is 11.3. The fraction of sp³-hybridized carbons (Fsp3) is 0. The van der Waals surface area contributed by atoms with Crippen LogP contribution in [-0.4, -0.2) is 30.1 Å². The van der Waals surface area contributed by atoms with E-state index in [1.54, 1.807) is 0 Å². The summed E-state index contributed by atoms with van der Waals surface area (Å²) in [6.07, 6.45) is 0. The van der Waals surface area contributed by atoms with E-state index in [0.29, 0.717) is 0 Å². The molecular formula is C12H8Cl2O7S3. The lowest BCUT2D eigenvalue weighted by Crippen LogP contribution is -2.03. The zero-order valence-electron chi connectivity index (χ0n) is 11.4. The van der Waals surface area contributed by atoms with Gasteiger partial charge in [0.05, 0.1) is 20.8 Å².